The van der Waals surface area contributed by atoms with Crippen LogP contribution in [0.1, 0.15) is 34.6 Å². The van der Waals surface area contributed by atoms with E-state index < -0.39 is 23.7 Å². The fraction of sp³-hybridized carbons (Fsp3) is 0.833. The molecular weight excluding hydrogens is 223 g/mol. The van der Waals surface area contributed by atoms with E-state index >= 15 is 0 Å². The third kappa shape index (κ3) is 2.58. The number of nitrogens with zero attached hydrogens (tertiary/aromatic N) is 1. The van der Waals surface area contributed by atoms with Gasteiger partial charge < -0.3 is 10.2 Å². The van der Waals surface area contributed by atoms with Gasteiger partial charge in [-0.25, -0.2) is 4.39 Å². The molecule has 1 unspecified atom stereocenters. The van der Waals surface area contributed by atoms with Crippen molar-refractivity contribution in [2.45, 2.75) is 46.2 Å². The molecule has 1 fully saturated rings. The summed E-state index contributed by atoms with van der Waals surface area (Å²) < 4.78 is 12.6. The molecule has 0 aromatic rings. The van der Waals surface area contributed by atoms with Gasteiger partial charge >= 0.3 is 0 Å². The number of halogens is 1. The highest BCUT2D eigenvalue weighted by Gasteiger charge is 2.49. The Labute approximate surface area is 102 Å². The fourth-order valence-corrected chi connectivity index (χ4v) is 2.23. The number of alkyl halides is 1. The van der Waals surface area contributed by atoms with Gasteiger partial charge in [0.05, 0.1) is 0 Å². The summed E-state index contributed by atoms with van der Waals surface area (Å²) in [5.41, 5.74) is -1.36. The van der Waals surface area contributed by atoms with Gasteiger partial charge in [0.25, 0.3) is 0 Å². The van der Waals surface area contributed by atoms with Crippen LogP contribution < -0.4 is 5.32 Å². The van der Waals surface area contributed by atoms with Crippen LogP contribution in [0.15, 0.2) is 0 Å². The van der Waals surface area contributed by atoms with Crippen molar-refractivity contribution in [3.8, 4) is 0 Å². The zero-order valence-electron chi connectivity index (χ0n) is 11.1. The van der Waals surface area contributed by atoms with Crippen molar-refractivity contribution in [1.82, 2.24) is 10.2 Å². The number of nitrogens with one attached hydrogen (secondary N) is 1. The summed E-state index contributed by atoms with van der Waals surface area (Å²) >= 11 is 0. The molecule has 2 amide bonds. The van der Waals surface area contributed by atoms with Gasteiger partial charge in [0.15, 0.2) is 0 Å². The van der Waals surface area contributed by atoms with Crippen LogP contribution in [-0.4, -0.2) is 41.5 Å². The van der Waals surface area contributed by atoms with Crippen LogP contribution in [0.2, 0.25) is 0 Å². The number of hydrogen-bond donors (Lipinski definition) is 1. The smallest absolute Gasteiger partial charge is 0.248 e. The Morgan fingerprint density at radius 3 is 2.29 bits per heavy atom. The van der Waals surface area contributed by atoms with E-state index in [4.69, 9.17) is 0 Å². The fourth-order valence-electron chi connectivity index (χ4n) is 2.23. The number of amides is 2. The van der Waals surface area contributed by atoms with E-state index in [0.717, 1.165) is 0 Å². The maximum Gasteiger partial charge on any atom is 0.248 e. The van der Waals surface area contributed by atoms with E-state index in [-0.39, 0.29) is 18.4 Å². The summed E-state index contributed by atoms with van der Waals surface area (Å²) in [7, 11) is 0. The van der Waals surface area contributed by atoms with Crippen molar-refractivity contribution in [2.24, 2.45) is 5.41 Å². The van der Waals surface area contributed by atoms with Gasteiger partial charge in [0.1, 0.15) is 18.3 Å². The summed E-state index contributed by atoms with van der Waals surface area (Å²) in [5.74, 6) is -0.440. The van der Waals surface area contributed by atoms with E-state index in [9.17, 15) is 14.0 Å². The first-order valence-electron chi connectivity index (χ1n) is 5.80. The average molecular weight is 244 g/mol. The Morgan fingerprint density at radius 1 is 1.35 bits per heavy atom. The Balaban J connectivity index is 3.12. The first kappa shape index (κ1) is 13.9. The number of rotatable bonds is 2. The van der Waals surface area contributed by atoms with Gasteiger partial charge in [-0.05, 0) is 19.3 Å². The average Bonchev–Trinajstić information content (AvgIpc) is 2.11. The second kappa shape index (κ2) is 4.27. The molecule has 17 heavy (non-hydrogen) atoms. The highest BCUT2D eigenvalue weighted by molar-refractivity contribution is 5.99. The molecule has 0 bridgehead atoms. The number of hydrogen-bond acceptors (Lipinski definition) is 2. The molecule has 1 rings (SSSR count). The van der Waals surface area contributed by atoms with E-state index in [1.54, 1.807) is 13.8 Å². The number of carbonyl (C=O) groups is 2. The summed E-state index contributed by atoms with van der Waals surface area (Å²) in [6.45, 7) is 8.21. The minimum Gasteiger partial charge on any atom is -0.340 e. The van der Waals surface area contributed by atoms with Gasteiger partial charge in [-0.1, -0.05) is 20.8 Å². The van der Waals surface area contributed by atoms with Gasteiger partial charge in [-0.2, -0.15) is 0 Å². The summed E-state index contributed by atoms with van der Waals surface area (Å²) in [6.07, 6.45) is 0. The Morgan fingerprint density at radius 2 is 1.88 bits per heavy atom. The Hall–Kier alpha value is -1.13. The first-order chi connectivity index (χ1) is 7.61. The molecule has 5 heteroatoms. The van der Waals surface area contributed by atoms with Gasteiger partial charge in [-0.15, -0.1) is 0 Å². The van der Waals surface area contributed by atoms with Gasteiger partial charge in [-0.3, -0.25) is 9.59 Å². The third-order valence-corrected chi connectivity index (χ3v) is 2.94. The summed E-state index contributed by atoms with van der Waals surface area (Å²) in [6, 6.07) is -0.612. The largest absolute Gasteiger partial charge is 0.340 e. The number of carbonyl (C=O) groups excluding carboxylic acids is 2. The van der Waals surface area contributed by atoms with E-state index in [0.29, 0.717) is 0 Å². The topological polar surface area (TPSA) is 49.4 Å². The monoisotopic (exact) mass is 244 g/mol. The first-order valence-corrected chi connectivity index (χ1v) is 5.80. The van der Waals surface area contributed by atoms with Gasteiger partial charge in [0, 0.05) is 6.54 Å². The maximum absolute atomic E-state index is 12.6. The van der Waals surface area contributed by atoms with Crippen molar-refractivity contribution in [3.63, 3.8) is 0 Å². The van der Waals surface area contributed by atoms with Crippen molar-refractivity contribution in [3.05, 3.63) is 0 Å². The molecule has 0 spiro atoms. The molecule has 1 aliphatic rings. The Bertz CT molecular complexity index is 334. The van der Waals surface area contributed by atoms with E-state index in [1.165, 1.54) is 4.90 Å². The van der Waals surface area contributed by atoms with Crippen LogP contribution in [-0.2, 0) is 9.59 Å². The normalized spacial score (nSPS) is 24.8. The second-order valence-electron chi connectivity index (χ2n) is 6.07. The van der Waals surface area contributed by atoms with Crippen molar-refractivity contribution < 1.29 is 14.0 Å². The van der Waals surface area contributed by atoms with E-state index in [1.807, 2.05) is 20.8 Å². The van der Waals surface area contributed by atoms with Crippen LogP contribution in [0.25, 0.3) is 0 Å². The lowest BCUT2D eigenvalue weighted by Crippen LogP contribution is -2.70. The van der Waals surface area contributed by atoms with Crippen molar-refractivity contribution in [2.75, 3.05) is 13.2 Å². The van der Waals surface area contributed by atoms with Crippen LogP contribution >= 0.6 is 0 Å². The molecule has 1 saturated heterocycles. The maximum atomic E-state index is 12.6. The SMILES string of the molecule is CC1(C)NC(=O)C(C(C)(C)C)N(CCF)C1=O. The minimum atomic E-state index is -0.950. The molecule has 98 valence electrons. The quantitative estimate of drug-likeness (QED) is 0.791. The lowest BCUT2D eigenvalue weighted by atomic mass is 9.81. The summed E-state index contributed by atoms with van der Waals surface area (Å²) in [5, 5.41) is 2.70. The molecule has 0 aromatic heterocycles. The molecular formula is C12H21FN2O2. The van der Waals surface area contributed by atoms with Crippen LogP contribution in [0.3, 0.4) is 0 Å². The molecule has 0 radical (unpaired) electrons. The number of piperazine rings is 1. The molecule has 1 heterocycles. The van der Waals surface area contributed by atoms with Crippen LogP contribution in [0, 0.1) is 5.41 Å². The van der Waals surface area contributed by atoms with Crippen LogP contribution in [0.5, 0.6) is 0 Å². The highest BCUT2D eigenvalue weighted by atomic mass is 19.1. The standard InChI is InChI=1S/C12H21FN2O2/c1-11(2,3)8-9(16)14-12(4,5)10(17)15(8)7-6-13/h8H,6-7H2,1-5H3,(H,14,16). The molecule has 0 saturated carbocycles. The van der Waals surface area contributed by atoms with Gasteiger partial charge in [0.2, 0.25) is 11.8 Å². The lowest BCUT2D eigenvalue weighted by Gasteiger charge is -2.47. The molecule has 4 nitrogen and oxygen atoms in total. The molecule has 0 aromatic carbocycles. The van der Waals surface area contributed by atoms with Crippen molar-refractivity contribution >= 4 is 11.8 Å². The minimum absolute atomic E-state index is 0.0301. The zero-order chi connectivity index (χ0) is 13.4. The predicted molar refractivity (Wildman–Crippen MR) is 63.2 cm³/mol. The highest BCUT2D eigenvalue weighted by Crippen LogP contribution is 2.30. The molecule has 0 aliphatic carbocycles. The Kier molecular flexibility index (Phi) is 3.50. The molecule has 1 atom stereocenters. The van der Waals surface area contributed by atoms with E-state index in [2.05, 4.69) is 5.32 Å². The lowest BCUT2D eigenvalue weighted by molar-refractivity contribution is -0.158. The van der Waals surface area contributed by atoms with Crippen LogP contribution in [0.4, 0.5) is 4.39 Å². The third-order valence-electron chi connectivity index (χ3n) is 2.94. The molecule has 1 N–H and O–H groups in total. The summed E-state index contributed by atoms with van der Waals surface area (Å²) in [4.78, 5) is 25.6. The predicted octanol–water partition coefficient (Wildman–Crippen LogP) is 1.11. The molecule has 1 aliphatic heterocycles. The van der Waals surface area contributed by atoms with Crippen molar-refractivity contribution in [1.29, 1.82) is 0 Å². The zero-order valence-corrected chi connectivity index (χ0v) is 11.1. The second-order valence-corrected chi connectivity index (χ2v) is 6.07.